The van der Waals surface area contributed by atoms with Gasteiger partial charge in [-0.05, 0) is 37.1 Å². The van der Waals surface area contributed by atoms with E-state index < -0.39 is 5.54 Å². The van der Waals surface area contributed by atoms with E-state index in [0.29, 0.717) is 18.2 Å². The number of carbonyl (C=O) groups is 1. The molecule has 7 nitrogen and oxygen atoms in total. The molecule has 2 aromatic rings. The third-order valence-corrected chi connectivity index (χ3v) is 3.54. The van der Waals surface area contributed by atoms with Crippen LogP contribution < -0.4 is 15.8 Å². The van der Waals surface area contributed by atoms with Gasteiger partial charge in [-0.15, -0.1) is 0 Å². The summed E-state index contributed by atoms with van der Waals surface area (Å²) in [5.41, 5.74) is 6.02. The minimum atomic E-state index is -0.668. The molecule has 0 aliphatic heterocycles. The molecule has 110 valence electrons. The molecule has 21 heavy (non-hydrogen) atoms. The van der Waals surface area contributed by atoms with E-state index in [2.05, 4.69) is 20.5 Å². The van der Waals surface area contributed by atoms with Gasteiger partial charge in [0.15, 0.2) is 5.82 Å². The molecule has 1 aromatic heterocycles. The first-order chi connectivity index (χ1) is 10.1. The number of carbonyl (C=O) groups excluding carboxylic acids is 1. The maximum absolute atomic E-state index is 11.7. The van der Waals surface area contributed by atoms with Crippen molar-refractivity contribution in [2.75, 3.05) is 7.11 Å². The SMILES string of the molecule is COc1ccc(-c2n[nH]c(CNC(=O)C3(N)CC3)n2)cc1. The zero-order valence-corrected chi connectivity index (χ0v) is 11.7. The summed E-state index contributed by atoms with van der Waals surface area (Å²) in [6.07, 6.45) is 1.48. The number of amides is 1. The average Bonchev–Trinajstić information content (AvgIpc) is 3.10. The fourth-order valence-corrected chi connectivity index (χ4v) is 1.95. The first kappa shape index (κ1) is 13.6. The Morgan fingerprint density at radius 3 is 2.76 bits per heavy atom. The molecule has 0 unspecified atom stereocenters. The minimum Gasteiger partial charge on any atom is -0.497 e. The summed E-state index contributed by atoms with van der Waals surface area (Å²) < 4.78 is 5.10. The zero-order chi connectivity index (χ0) is 14.9. The molecule has 0 radical (unpaired) electrons. The van der Waals surface area contributed by atoms with Crippen LogP contribution in [0.3, 0.4) is 0 Å². The Morgan fingerprint density at radius 1 is 1.43 bits per heavy atom. The van der Waals surface area contributed by atoms with E-state index in [1.807, 2.05) is 24.3 Å². The van der Waals surface area contributed by atoms with Crippen LogP contribution in [0.4, 0.5) is 0 Å². The predicted molar refractivity (Wildman–Crippen MR) is 76.4 cm³/mol. The van der Waals surface area contributed by atoms with E-state index in [1.165, 1.54) is 0 Å². The molecule has 1 aliphatic carbocycles. The van der Waals surface area contributed by atoms with Crippen LogP contribution in [0.25, 0.3) is 11.4 Å². The Morgan fingerprint density at radius 2 is 2.14 bits per heavy atom. The number of hydrogen-bond donors (Lipinski definition) is 3. The van der Waals surface area contributed by atoms with Crippen molar-refractivity contribution in [3.63, 3.8) is 0 Å². The van der Waals surface area contributed by atoms with E-state index in [-0.39, 0.29) is 5.91 Å². The summed E-state index contributed by atoms with van der Waals surface area (Å²) in [6, 6.07) is 7.45. The topological polar surface area (TPSA) is 106 Å². The fraction of sp³-hybridized carbons (Fsp3) is 0.357. The molecule has 1 fully saturated rings. The number of aromatic nitrogens is 3. The van der Waals surface area contributed by atoms with Crippen LogP contribution in [-0.4, -0.2) is 33.7 Å². The summed E-state index contributed by atoms with van der Waals surface area (Å²) >= 11 is 0. The summed E-state index contributed by atoms with van der Waals surface area (Å²) in [5, 5.41) is 9.72. The minimum absolute atomic E-state index is 0.134. The number of H-pyrrole nitrogens is 1. The van der Waals surface area contributed by atoms with E-state index in [4.69, 9.17) is 10.5 Å². The number of nitrogens with two attached hydrogens (primary N) is 1. The second-order valence-corrected chi connectivity index (χ2v) is 5.17. The van der Waals surface area contributed by atoms with Crippen molar-refractivity contribution in [1.82, 2.24) is 20.5 Å². The summed E-state index contributed by atoms with van der Waals surface area (Å²) in [4.78, 5) is 16.1. The van der Waals surface area contributed by atoms with E-state index in [9.17, 15) is 4.79 Å². The van der Waals surface area contributed by atoms with Crippen molar-refractivity contribution in [3.05, 3.63) is 30.1 Å². The molecule has 1 aromatic carbocycles. The van der Waals surface area contributed by atoms with Crippen molar-refractivity contribution in [3.8, 4) is 17.1 Å². The van der Waals surface area contributed by atoms with Gasteiger partial charge in [0.1, 0.15) is 11.6 Å². The Hall–Kier alpha value is -2.41. The molecule has 7 heteroatoms. The third kappa shape index (κ3) is 2.87. The number of nitrogens with one attached hydrogen (secondary N) is 2. The smallest absolute Gasteiger partial charge is 0.240 e. The van der Waals surface area contributed by atoms with Gasteiger partial charge < -0.3 is 15.8 Å². The van der Waals surface area contributed by atoms with Crippen LogP contribution in [0.1, 0.15) is 18.7 Å². The van der Waals surface area contributed by atoms with Gasteiger partial charge in [-0.3, -0.25) is 9.89 Å². The molecule has 1 aliphatic rings. The molecular formula is C14H17N5O2. The lowest BCUT2D eigenvalue weighted by molar-refractivity contribution is -0.123. The number of nitrogens with zero attached hydrogens (tertiary/aromatic N) is 2. The quantitative estimate of drug-likeness (QED) is 0.746. The van der Waals surface area contributed by atoms with Gasteiger partial charge in [0, 0.05) is 5.56 Å². The second kappa shape index (κ2) is 5.17. The van der Waals surface area contributed by atoms with Crippen LogP contribution in [0, 0.1) is 0 Å². The molecule has 1 amide bonds. The maximum Gasteiger partial charge on any atom is 0.240 e. The maximum atomic E-state index is 11.7. The zero-order valence-electron chi connectivity index (χ0n) is 11.7. The normalized spacial score (nSPS) is 15.5. The Kier molecular flexibility index (Phi) is 3.34. The van der Waals surface area contributed by atoms with E-state index >= 15 is 0 Å². The van der Waals surface area contributed by atoms with Crippen LogP contribution >= 0.6 is 0 Å². The predicted octanol–water partition coefficient (Wildman–Crippen LogP) is 0.588. The van der Waals surface area contributed by atoms with Gasteiger partial charge in [-0.25, -0.2) is 4.98 Å². The highest BCUT2D eigenvalue weighted by molar-refractivity contribution is 5.88. The molecule has 0 bridgehead atoms. The van der Waals surface area contributed by atoms with Crippen LogP contribution in [-0.2, 0) is 11.3 Å². The monoisotopic (exact) mass is 287 g/mol. The molecule has 0 spiro atoms. The third-order valence-electron chi connectivity index (χ3n) is 3.54. The van der Waals surface area contributed by atoms with Gasteiger partial charge in [0.25, 0.3) is 0 Å². The summed E-state index contributed by atoms with van der Waals surface area (Å²) in [7, 11) is 1.62. The molecular weight excluding hydrogens is 270 g/mol. The fourth-order valence-electron chi connectivity index (χ4n) is 1.95. The lowest BCUT2D eigenvalue weighted by atomic mass is 10.2. The lowest BCUT2D eigenvalue weighted by Crippen LogP contribution is -2.42. The Balaban J connectivity index is 1.64. The largest absolute Gasteiger partial charge is 0.497 e. The number of hydrogen-bond acceptors (Lipinski definition) is 5. The van der Waals surface area contributed by atoms with Crippen molar-refractivity contribution < 1.29 is 9.53 Å². The summed E-state index contributed by atoms with van der Waals surface area (Å²) in [5.74, 6) is 1.82. The number of methoxy groups -OCH3 is 1. The standard InChI is InChI=1S/C14H17N5O2/c1-21-10-4-2-9(3-5-10)12-17-11(18-19-12)8-16-13(20)14(15)6-7-14/h2-5H,6-8,15H2,1H3,(H,16,20)(H,17,18,19). The average molecular weight is 287 g/mol. The molecule has 0 atom stereocenters. The van der Waals surface area contributed by atoms with Crippen molar-refractivity contribution in [2.24, 2.45) is 5.73 Å². The van der Waals surface area contributed by atoms with Crippen LogP contribution in [0.15, 0.2) is 24.3 Å². The number of rotatable bonds is 5. The highest BCUT2D eigenvalue weighted by Gasteiger charge is 2.45. The lowest BCUT2D eigenvalue weighted by Gasteiger charge is -2.07. The molecule has 1 heterocycles. The number of aromatic amines is 1. The Labute approximate surface area is 121 Å². The van der Waals surface area contributed by atoms with E-state index in [1.54, 1.807) is 7.11 Å². The van der Waals surface area contributed by atoms with Gasteiger partial charge in [0.05, 0.1) is 19.2 Å². The second-order valence-electron chi connectivity index (χ2n) is 5.17. The van der Waals surface area contributed by atoms with Gasteiger partial charge >= 0.3 is 0 Å². The molecule has 3 rings (SSSR count). The van der Waals surface area contributed by atoms with Crippen molar-refractivity contribution in [1.29, 1.82) is 0 Å². The summed E-state index contributed by atoms with van der Waals surface area (Å²) in [6.45, 7) is 0.293. The van der Waals surface area contributed by atoms with Crippen molar-refractivity contribution in [2.45, 2.75) is 24.9 Å². The molecule has 0 saturated heterocycles. The van der Waals surface area contributed by atoms with Gasteiger partial charge in [-0.1, -0.05) is 0 Å². The molecule has 4 N–H and O–H groups in total. The first-order valence-corrected chi connectivity index (χ1v) is 6.74. The van der Waals surface area contributed by atoms with E-state index in [0.717, 1.165) is 24.2 Å². The molecule has 1 saturated carbocycles. The first-order valence-electron chi connectivity index (χ1n) is 6.74. The van der Waals surface area contributed by atoms with Crippen LogP contribution in [0.2, 0.25) is 0 Å². The van der Waals surface area contributed by atoms with Crippen LogP contribution in [0.5, 0.6) is 5.75 Å². The van der Waals surface area contributed by atoms with Crippen molar-refractivity contribution >= 4 is 5.91 Å². The number of benzene rings is 1. The highest BCUT2D eigenvalue weighted by atomic mass is 16.5. The van der Waals surface area contributed by atoms with Gasteiger partial charge in [-0.2, -0.15) is 5.10 Å². The number of ether oxygens (including phenoxy) is 1. The highest BCUT2D eigenvalue weighted by Crippen LogP contribution is 2.32. The Bertz CT molecular complexity index is 646. The van der Waals surface area contributed by atoms with Gasteiger partial charge in [0.2, 0.25) is 5.91 Å².